The van der Waals surface area contributed by atoms with Gasteiger partial charge in [0.25, 0.3) is 0 Å². The van der Waals surface area contributed by atoms with Gasteiger partial charge >= 0.3 is 0 Å². The maximum atomic E-state index is 9.65. The average molecular weight is 239 g/mol. The summed E-state index contributed by atoms with van der Waals surface area (Å²) in [4.78, 5) is 2.69. The van der Waals surface area contributed by atoms with Crippen molar-refractivity contribution in [2.24, 2.45) is 11.3 Å². The van der Waals surface area contributed by atoms with Crippen LogP contribution in [0.1, 0.15) is 58.8 Å². The molecular weight excluding hydrogens is 210 g/mol. The van der Waals surface area contributed by atoms with Crippen molar-refractivity contribution in [3.8, 4) is 0 Å². The number of rotatable bonds is 5. The summed E-state index contributed by atoms with van der Waals surface area (Å²) >= 11 is 0. The molecule has 17 heavy (non-hydrogen) atoms. The van der Waals surface area contributed by atoms with Crippen molar-refractivity contribution in [2.75, 3.05) is 19.7 Å². The summed E-state index contributed by atoms with van der Waals surface area (Å²) in [6, 6.07) is 0.839. The van der Waals surface area contributed by atoms with Crippen LogP contribution in [0.25, 0.3) is 0 Å². The molecule has 0 radical (unpaired) electrons. The highest BCUT2D eigenvalue weighted by atomic mass is 16.3. The van der Waals surface area contributed by atoms with Gasteiger partial charge in [-0.1, -0.05) is 33.1 Å². The quantitative estimate of drug-likeness (QED) is 0.797. The van der Waals surface area contributed by atoms with Crippen LogP contribution in [0.2, 0.25) is 0 Å². The molecule has 2 heteroatoms. The summed E-state index contributed by atoms with van der Waals surface area (Å²) in [5.41, 5.74) is 0.126. The zero-order chi connectivity index (χ0) is 12.3. The van der Waals surface area contributed by atoms with Crippen molar-refractivity contribution in [3.63, 3.8) is 0 Å². The largest absolute Gasteiger partial charge is 0.396 e. The number of aliphatic hydroxyl groups is 1. The van der Waals surface area contributed by atoms with E-state index in [0.717, 1.165) is 24.9 Å². The van der Waals surface area contributed by atoms with Crippen LogP contribution in [-0.2, 0) is 0 Å². The molecule has 1 saturated carbocycles. The normalized spacial score (nSPS) is 33.4. The average Bonchev–Trinajstić information content (AvgIpc) is 2.73. The van der Waals surface area contributed by atoms with Crippen LogP contribution in [0.5, 0.6) is 0 Å². The third-order valence-corrected chi connectivity index (χ3v) is 4.95. The molecule has 0 aromatic carbocycles. The molecule has 0 amide bonds. The van der Waals surface area contributed by atoms with Crippen LogP contribution >= 0.6 is 0 Å². The maximum absolute atomic E-state index is 9.65. The van der Waals surface area contributed by atoms with Gasteiger partial charge in [-0.15, -0.1) is 0 Å². The Morgan fingerprint density at radius 3 is 2.71 bits per heavy atom. The molecular formula is C15H29NO. The molecule has 0 aromatic rings. The topological polar surface area (TPSA) is 23.5 Å². The van der Waals surface area contributed by atoms with Gasteiger partial charge in [0, 0.05) is 24.6 Å². The first-order valence-corrected chi connectivity index (χ1v) is 7.53. The van der Waals surface area contributed by atoms with E-state index < -0.39 is 0 Å². The van der Waals surface area contributed by atoms with E-state index in [-0.39, 0.29) is 5.41 Å². The van der Waals surface area contributed by atoms with Gasteiger partial charge < -0.3 is 5.11 Å². The van der Waals surface area contributed by atoms with E-state index in [4.69, 9.17) is 0 Å². The molecule has 1 heterocycles. The lowest BCUT2D eigenvalue weighted by molar-refractivity contribution is 0.0623. The molecule has 1 aliphatic carbocycles. The molecule has 2 rings (SSSR count). The van der Waals surface area contributed by atoms with Gasteiger partial charge in [-0.25, -0.2) is 0 Å². The molecule has 0 spiro atoms. The van der Waals surface area contributed by atoms with Gasteiger partial charge in [-0.2, -0.15) is 0 Å². The van der Waals surface area contributed by atoms with Crippen molar-refractivity contribution >= 4 is 0 Å². The monoisotopic (exact) mass is 239 g/mol. The molecule has 2 fully saturated rings. The standard InChI is InChI=1S/C15H29NO/c1-3-9-15(2,12-17)11-16-10-8-13-6-4-5-7-14(13)16/h13-14,17H,3-12H2,1-2H3. The van der Waals surface area contributed by atoms with Crippen LogP contribution in [0.3, 0.4) is 0 Å². The van der Waals surface area contributed by atoms with Gasteiger partial charge in [0.15, 0.2) is 0 Å². The van der Waals surface area contributed by atoms with Gasteiger partial charge in [-0.3, -0.25) is 4.90 Å². The SMILES string of the molecule is CCCC(C)(CO)CN1CCC2CCCCC21. The van der Waals surface area contributed by atoms with Crippen molar-refractivity contribution in [1.29, 1.82) is 0 Å². The molecule has 0 aromatic heterocycles. The Balaban J connectivity index is 1.93. The Labute approximate surface area is 106 Å². The summed E-state index contributed by atoms with van der Waals surface area (Å²) in [6.07, 6.45) is 9.44. The fourth-order valence-electron chi connectivity index (χ4n) is 4.00. The first-order chi connectivity index (χ1) is 8.18. The Hall–Kier alpha value is -0.0800. The second kappa shape index (κ2) is 5.71. The number of hydrogen-bond acceptors (Lipinski definition) is 2. The third-order valence-electron chi connectivity index (χ3n) is 4.95. The number of likely N-dealkylation sites (tertiary alicyclic amines) is 1. The summed E-state index contributed by atoms with van der Waals surface area (Å²) < 4.78 is 0. The van der Waals surface area contributed by atoms with Crippen molar-refractivity contribution < 1.29 is 5.11 Å². The summed E-state index contributed by atoms with van der Waals surface area (Å²) in [6.45, 7) is 7.20. The van der Waals surface area contributed by atoms with Crippen LogP contribution < -0.4 is 0 Å². The van der Waals surface area contributed by atoms with Crippen molar-refractivity contribution in [3.05, 3.63) is 0 Å². The zero-order valence-electron chi connectivity index (χ0n) is 11.6. The predicted octanol–water partition coefficient (Wildman–Crippen LogP) is 3.05. The van der Waals surface area contributed by atoms with E-state index in [0.29, 0.717) is 6.61 Å². The lowest BCUT2D eigenvalue weighted by Gasteiger charge is -2.38. The molecule has 100 valence electrons. The number of nitrogens with zero attached hydrogens (tertiary/aromatic N) is 1. The van der Waals surface area contributed by atoms with Crippen molar-refractivity contribution in [1.82, 2.24) is 4.90 Å². The Morgan fingerprint density at radius 1 is 1.24 bits per heavy atom. The van der Waals surface area contributed by atoms with E-state index in [1.165, 1.54) is 45.1 Å². The highest BCUT2D eigenvalue weighted by Crippen LogP contribution is 2.38. The number of aliphatic hydroxyl groups excluding tert-OH is 1. The molecule has 1 N–H and O–H groups in total. The van der Waals surface area contributed by atoms with E-state index in [2.05, 4.69) is 18.7 Å². The third kappa shape index (κ3) is 3.03. The van der Waals surface area contributed by atoms with Crippen LogP contribution in [0.15, 0.2) is 0 Å². The smallest absolute Gasteiger partial charge is 0.0497 e. The number of fused-ring (bicyclic) bond motifs is 1. The molecule has 1 aliphatic heterocycles. The fourth-order valence-corrected chi connectivity index (χ4v) is 4.00. The Bertz CT molecular complexity index is 243. The first-order valence-electron chi connectivity index (χ1n) is 7.53. The molecule has 1 saturated heterocycles. The van der Waals surface area contributed by atoms with E-state index in [1.54, 1.807) is 0 Å². The highest BCUT2D eigenvalue weighted by Gasteiger charge is 2.38. The minimum Gasteiger partial charge on any atom is -0.396 e. The van der Waals surface area contributed by atoms with Crippen LogP contribution in [0, 0.1) is 11.3 Å². The minimum atomic E-state index is 0.126. The van der Waals surface area contributed by atoms with Crippen LogP contribution in [-0.4, -0.2) is 35.7 Å². The second-order valence-corrected chi connectivity index (χ2v) is 6.59. The van der Waals surface area contributed by atoms with Gasteiger partial charge in [0.05, 0.1) is 0 Å². The predicted molar refractivity (Wildman–Crippen MR) is 72.0 cm³/mol. The Morgan fingerprint density at radius 2 is 2.00 bits per heavy atom. The van der Waals surface area contributed by atoms with Crippen molar-refractivity contribution in [2.45, 2.75) is 64.8 Å². The first kappa shape index (κ1) is 13.4. The summed E-state index contributed by atoms with van der Waals surface area (Å²) in [5.74, 6) is 0.966. The van der Waals surface area contributed by atoms with Gasteiger partial charge in [-0.05, 0) is 38.1 Å². The fraction of sp³-hybridized carbons (Fsp3) is 1.00. The Kier molecular flexibility index (Phi) is 4.48. The lowest BCUT2D eigenvalue weighted by atomic mass is 9.83. The molecule has 2 nitrogen and oxygen atoms in total. The lowest BCUT2D eigenvalue weighted by Crippen LogP contribution is -2.43. The maximum Gasteiger partial charge on any atom is 0.0497 e. The molecule has 2 aliphatic rings. The van der Waals surface area contributed by atoms with E-state index in [9.17, 15) is 5.11 Å². The van der Waals surface area contributed by atoms with Crippen LogP contribution in [0.4, 0.5) is 0 Å². The summed E-state index contributed by atoms with van der Waals surface area (Å²) in [7, 11) is 0. The van der Waals surface area contributed by atoms with E-state index in [1.807, 2.05) is 0 Å². The highest BCUT2D eigenvalue weighted by molar-refractivity contribution is 4.92. The number of hydrogen-bond donors (Lipinski definition) is 1. The minimum absolute atomic E-state index is 0.126. The molecule has 0 bridgehead atoms. The zero-order valence-corrected chi connectivity index (χ0v) is 11.6. The molecule has 3 unspecified atom stereocenters. The molecule has 3 atom stereocenters. The second-order valence-electron chi connectivity index (χ2n) is 6.59. The van der Waals surface area contributed by atoms with Gasteiger partial charge in [0.1, 0.15) is 0 Å². The van der Waals surface area contributed by atoms with E-state index >= 15 is 0 Å². The van der Waals surface area contributed by atoms with Gasteiger partial charge in [0.2, 0.25) is 0 Å². The summed E-state index contributed by atoms with van der Waals surface area (Å²) in [5, 5.41) is 9.65.